The van der Waals surface area contributed by atoms with Gasteiger partial charge >= 0.3 is 6.09 Å². The number of fused-ring (bicyclic) bond motifs is 3. The van der Waals surface area contributed by atoms with E-state index < -0.39 is 73.8 Å². The van der Waals surface area contributed by atoms with Crippen LogP contribution in [0.4, 0.5) is 4.79 Å². The van der Waals surface area contributed by atoms with E-state index in [0.717, 1.165) is 0 Å². The Kier molecular flexibility index (Phi) is 10.2. The molecule has 0 spiro atoms. The monoisotopic (exact) mass is 729 g/mol. The predicted octanol–water partition coefficient (Wildman–Crippen LogP) is 3.31. The van der Waals surface area contributed by atoms with E-state index in [0.29, 0.717) is 35.1 Å². The van der Waals surface area contributed by atoms with Crippen LogP contribution in [-0.4, -0.2) is 90.0 Å². The van der Waals surface area contributed by atoms with Gasteiger partial charge in [-0.25, -0.2) is 18.2 Å². The fourth-order valence-electron chi connectivity index (χ4n) is 6.01. The molecule has 3 aliphatic rings. The summed E-state index contributed by atoms with van der Waals surface area (Å²) < 4.78 is 50.4. The van der Waals surface area contributed by atoms with Crippen molar-refractivity contribution in [2.24, 2.45) is 5.41 Å². The van der Waals surface area contributed by atoms with E-state index in [1.807, 2.05) is 0 Å². The Balaban J connectivity index is 1.45. The highest BCUT2D eigenvalue weighted by molar-refractivity contribution is 7.91. The largest absolute Gasteiger partial charge is 0.472 e. The number of nitrogens with one attached hydrogen (secondary N) is 3. The maximum Gasteiger partial charge on any atom is 0.408 e. The van der Waals surface area contributed by atoms with E-state index in [-0.39, 0.29) is 32.1 Å². The third kappa shape index (κ3) is 8.48. The molecule has 1 aliphatic carbocycles. The van der Waals surface area contributed by atoms with Gasteiger partial charge in [-0.15, -0.1) is 6.58 Å². The van der Waals surface area contributed by atoms with Crippen LogP contribution in [0.5, 0.6) is 17.4 Å². The first-order valence-electron chi connectivity index (χ1n) is 16.9. The van der Waals surface area contributed by atoms with Crippen LogP contribution in [0.15, 0.2) is 37.1 Å². The number of aromatic nitrogens is 1. The first-order chi connectivity index (χ1) is 23.7. The Hall–Kier alpha value is -4.60. The lowest BCUT2D eigenvalue weighted by molar-refractivity contribution is -0.143. The number of rotatable bonds is 11. The number of hydrogen-bond acceptors (Lipinski definition) is 11. The van der Waals surface area contributed by atoms with E-state index in [2.05, 4.69) is 26.9 Å². The number of hydrogen-bond donors (Lipinski definition) is 3. The number of carbonyl (C=O) groups is 4. The summed E-state index contributed by atoms with van der Waals surface area (Å²) in [5.41, 5.74) is -3.40. The first kappa shape index (κ1) is 37.7. The van der Waals surface area contributed by atoms with E-state index >= 15 is 0 Å². The summed E-state index contributed by atoms with van der Waals surface area (Å²) in [6.07, 6.45) is 2.13. The molecule has 5 rings (SSSR count). The fourth-order valence-corrected chi connectivity index (χ4v) is 7.42. The second-order valence-electron chi connectivity index (χ2n) is 15.4. The highest BCUT2D eigenvalue weighted by Crippen LogP contribution is 2.41. The molecular formula is C35H47N5O10S. The Morgan fingerprint density at radius 1 is 1.06 bits per heavy atom. The van der Waals surface area contributed by atoms with Crippen molar-refractivity contribution in [1.82, 2.24) is 25.2 Å². The van der Waals surface area contributed by atoms with Crippen LogP contribution in [-0.2, 0) is 29.1 Å². The van der Waals surface area contributed by atoms with Crippen LogP contribution in [0.3, 0.4) is 0 Å². The molecule has 15 nitrogen and oxygen atoms in total. The number of alkyl carbamates (subject to hydrolysis) is 1. The van der Waals surface area contributed by atoms with Crippen LogP contribution >= 0.6 is 0 Å². The number of sulfonamides is 1. The van der Waals surface area contributed by atoms with Gasteiger partial charge in [0.1, 0.15) is 29.3 Å². The zero-order valence-electron chi connectivity index (χ0n) is 30.0. The minimum Gasteiger partial charge on any atom is -0.472 e. The standard InChI is InChI=1S/C35H47N5O10S/c1-9-15-35(8,31(43)39-51(45,46)21-10-11-21)38-28(41)24-17-20(49-29-23-12-13-25-26(48-19-47-25)22(23)14-16-36-29)18-40(24)30(42)27(33(2,3)4)37-32(44)50-34(5,6)7/h9,12-14,16,20-21,24,27H,1,10-11,15,17-19H2,2-8H3,(H,37,44)(H,38,41)(H,39,43)/t20-,24+,27-,35+/m1/s1. The summed E-state index contributed by atoms with van der Waals surface area (Å²) in [5.74, 6) is -0.868. The molecule has 3 heterocycles. The molecule has 51 heavy (non-hydrogen) atoms. The van der Waals surface area contributed by atoms with Crippen LogP contribution in [0, 0.1) is 5.41 Å². The fraction of sp³-hybridized carbons (Fsp3) is 0.571. The lowest BCUT2D eigenvalue weighted by atomic mass is 9.85. The third-order valence-electron chi connectivity index (χ3n) is 8.79. The van der Waals surface area contributed by atoms with Gasteiger partial charge in [-0.1, -0.05) is 26.8 Å². The van der Waals surface area contributed by atoms with Gasteiger partial charge in [-0.05, 0) is 70.6 Å². The van der Waals surface area contributed by atoms with Crippen molar-refractivity contribution >= 4 is 44.6 Å². The second-order valence-corrected chi connectivity index (χ2v) is 17.4. The van der Waals surface area contributed by atoms with E-state index in [9.17, 15) is 27.6 Å². The summed E-state index contributed by atoms with van der Waals surface area (Å²) >= 11 is 0. The number of likely N-dealkylation sites (tertiary alicyclic amines) is 1. The number of pyridine rings is 1. The molecule has 2 aliphatic heterocycles. The van der Waals surface area contributed by atoms with Gasteiger partial charge in [0.2, 0.25) is 34.5 Å². The summed E-state index contributed by atoms with van der Waals surface area (Å²) in [4.78, 5) is 60.7. The SMILES string of the molecule is C=CC[C@](C)(NC(=O)[C@@H]1C[C@@H](Oc2nccc3c4c(ccc23)OCO4)CN1C(=O)[C@@H](NC(=O)OC(C)(C)C)C(C)(C)C)C(=O)NS(=O)(=O)C1CC1. The molecule has 4 atom stereocenters. The summed E-state index contributed by atoms with van der Waals surface area (Å²) in [5, 5.41) is 6.05. The molecule has 1 saturated carbocycles. The predicted molar refractivity (Wildman–Crippen MR) is 186 cm³/mol. The maximum atomic E-state index is 14.4. The maximum absolute atomic E-state index is 14.4. The molecule has 2 fully saturated rings. The molecule has 278 valence electrons. The molecule has 1 saturated heterocycles. The van der Waals surface area contributed by atoms with Crippen LogP contribution < -0.4 is 29.6 Å². The van der Waals surface area contributed by atoms with Crippen LogP contribution in [0.1, 0.15) is 74.1 Å². The van der Waals surface area contributed by atoms with Crippen molar-refractivity contribution in [3.8, 4) is 17.4 Å². The van der Waals surface area contributed by atoms with Gasteiger partial charge in [0.15, 0.2) is 11.5 Å². The zero-order chi connectivity index (χ0) is 37.5. The zero-order valence-corrected chi connectivity index (χ0v) is 30.8. The average molecular weight is 730 g/mol. The summed E-state index contributed by atoms with van der Waals surface area (Å²) in [7, 11) is -3.93. The quantitative estimate of drug-likeness (QED) is 0.288. The van der Waals surface area contributed by atoms with Gasteiger partial charge in [0, 0.05) is 23.4 Å². The lowest BCUT2D eigenvalue weighted by Crippen LogP contribution is -2.62. The van der Waals surface area contributed by atoms with Crippen molar-refractivity contribution in [3.63, 3.8) is 0 Å². The molecule has 0 bridgehead atoms. The van der Waals surface area contributed by atoms with Crippen molar-refractivity contribution in [3.05, 3.63) is 37.1 Å². The molecule has 3 N–H and O–H groups in total. The Morgan fingerprint density at radius 3 is 2.39 bits per heavy atom. The highest BCUT2D eigenvalue weighted by Gasteiger charge is 2.49. The number of ether oxygens (including phenoxy) is 4. The molecule has 0 unspecified atom stereocenters. The smallest absolute Gasteiger partial charge is 0.408 e. The molecule has 1 aromatic heterocycles. The van der Waals surface area contributed by atoms with Crippen molar-refractivity contribution in [2.75, 3.05) is 13.3 Å². The summed E-state index contributed by atoms with van der Waals surface area (Å²) in [6, 6.07) is 2.96. The van der Waals surface area contributed by atoms with Crippen LogP contribution in [0.25, 0.3) is 10.8 Å². The number of carbonyl (C=O) groups excluding carboxylic acids is 4. The first-order valence-corrected chi connectivity index (χ1v) is 18.4. The number of nitrogens with zero attached hydrogens (tertiary/aromatic N) is 2. The van der Waals surface area contributed by atoms with E-state index in [1.165, 1.54) is 17.9 Å². The van der Waals surface area contributed by atoms with Gasteiger partial charge in [0.05, 0.1) is 11.8 Å². The van der Waals surface area contributed by atoms with Gasteiger partial charge in [-0.2, -0.15) is 0 Å². The number of amides is 4. The third-order valence-corrected chi connectivity index (χ3v) is 10.6. The average Bonchev–Trinajstić information content (AvgIpc) is 3.63. The summed E-state index contributed by atoms with van der Waals surface area (Å²) in [6.45, 7) is 15.5. The lowest BCUT2D eigenvalue weighted by Gasteiger charge is -2.36. The van der Waals surface area contributed by atoms with E-state index in [4.69, 9.17) is 18.9 Å². The van der Waals surface area contributed by atoms with Gasteiger partial charge < -0.3 is 34.5 Å². The molecule has 0 radical (unpaired) electrons. The van der Waals surface area contributed by atoms with Gasteiger partial charge in [-0.3, -0.25) is 19.1 Å². The molecule has 1 aromatic carbocycles. The van der Waals surface area contributed by atoms with Crippen molar-refractivity contribution < 1.29 is 46.5 Å². The number of benzene rings is 1. The van der Waals surface area contributed by atoms with E-state index in [1.54, 1.807) is 65.9 Å². The minimum absolute atomic E-state index is 0.0182. The van der Waals surface area contributed by atoms with Crippen molar-refractivity contribution in [2.45, 2.75) is 109 Å². The molecule has 16 heteroatoms. The minimum atomic E-state index is -3.93. The Morgan fingerprint density at radius 2 is 1.76 bits per heavy atom. The topological polar surface area (TPSA) is 192 Å². The molecule has 2 aromatic rings. The Labute approximate surface area is 297 Å². The normalized spacial score (nSPS) is 20.6. The second kappa shape index (κ2) is 13.8. The van der Waals surface area contributed by atoms with Gasteiger partial charge in [0.25, 0.3) is 5.91 Å². The Bertz CT molecular complexity index is 1830. The molecule has 4 amide bonds. The van der Waals surface area contributed by atoms with Crippen molar-refractivity contribution in [1.29, 1.82) is 0 Å². The van der Waals surface area contributed by atoms with Crippen LogP contribution in [0.2, 0.25) is 0 Å². The highest BCUT2D eigenvalue weighted by atomic mass is 32.2. The molecular weight excluding hydrogens is 682 g/mol.